The number of carbonyl (C=O) groups is 1. The monoisotopic (exact) mass is 376 g/mol. The number of nitro groups is 1. The van der Waals surface area contributed by atoms with Crippen molar-refractivity contribution in [2.75, 3.05) is 19.0 Å². The van der Waals surface area contributed by atoms with Crippen molar-refractivity contribution >= 4 is 34.6 Å². The van der Waals surface area contributed by atoms with Gasteiger partial charge in [0.25, 0.3) is 11.6 Å². The first-order valence-electron chi connectivity index (χ1n) is 7.56. The molecule has 8 nitrogen and oxygen atoms in total. The second-order valence-electron chi connectivity index (χ2n) is 5.21. The highest BCUT2D eigenvalue weighted by Gasteiger charge is 2.14. The van der Waals surface area contributed by atoms with Crippen molar-refractivity contribution in [3.8, 4) is 5.75 Å². The Bertz CT molecular complexity index is 854. The van der Waals surface area contributed by atoms with Gasteiger partial charge in [-0.3, -0.25) is 14.9 Å². The van der Waals surface area contributed by atoms with E-state index >= 15 is 0 Å². The number of hydrogen-bond donors (Lipinski definition) is 2. The molecule has 2 aromatic rings. The Balaban J connectivity index is 1.99. The van der Waals surface area contributed by atoms with Gasteiger partial charge in [0, 0.05) is 11.6 Å². The molecule has 26 heavy (non-hydrogen) atoms. The van der Waals surface area contributed by atoms with Crippen LogP contribution in [-0.2, 0) is 4.79 Å². The summed E-state index contributed by atoms with van der Waals surface area (Å²) >= 11 is 5.78. The van der Waals surface area contributed by atoms with Crippen molar-refractivity contribution in [1.29, 1.82) is 0 Å². The van der Waals surface area contributed by atoms with Crippen LogP contribution in [0.5, 0.6) is 5.75 Å². The first-order valence-corrected chi connectivity index (χ1v) is 7.94. The third-order valence-electron chi connectivity index (χ3n) is 3.46. The lowest BCUT2D eigenvalue weighted by Gasteiger charge is -2.10. The molecule has 0 aromatic heterocycles. The van der Waals surface area contributed by atoms with Gasteiger partial charge in [0.1, 0.15) is 10.8 Å². The molecule has 0 radical (unpaired) electrons. The molecule has 0 spiro atoms. The van der Waals surface area contributed by atoms with Crippen molar-refractivity contribution in [3.05, 3.63) is 63.2 Å². The van der Waals surface area contributed by atoms with Crippen molar-refractivity contribution < 1.29 is 14.5 Å². The summed E-state index contributed by atoms with van der Waals surface area (Å²) in [5.74, 6) is 0.243. The number of rotatable bonds is 7. The lowest BCUT2D eigenvalue weighted by molar-refractivity contribution is -0.384. The van der Waals surface area contributed by atoms with Gasteiger partial charge in [0.15, 0.2) is 0 Å². The van der Waals surface area contributed by atoms with Crippen LogP contribution in [0.1, 0.15) is 12.5 Å². The molecule has 0 saturated carbocycles. The molecule has 2 rings (SSSR count). The first kappa shape index (κ1) is 19.2. The number of para-hydroxylation sites is 2. The molecule has 0 aliphatic heterocycles. The van der Waals surface area contributed by atoms with E-state index in [2.05, 4.69) is 15.8 Å². The van der Waals surface area contributed by atoms with Gasteiger partial charge < -0.3 is 10.1 Å². The van der Waals surface area contributed by atoms with Crippen LogP contribution < -0.4 is 15.5 Å². The lowest BCUT2D eigenvalue weighted by Crippen LogP contribution is -2.26. The van der Waals surface area contributed by atoms with Crippen LogP contribution in [0.3, 0.4) is 0 Å². The van der Waals surface area contributed by atoms with E-state index in [-0.39, 0.29) is 23.2 Å². The zero-order valence-corrected chi connectivity index (χ0v) is 14.9. The Kier molecular flexibility index (Phi) is 6.51. The second-order valence-corrected chi connectivity index (χ2v) is 5.62. The summed E-state index contributed by atoms with van der Waals surface area (Å²) in [5.41, 5.74) is 3.75. The molecule has 0 saturated heterocycles. The molecular weight excluding hydrogens is 360 g/mol. The third kappa shape index (κ3) is 4.93. The molecule has 0 heterocycles. The molecule has 0 atom stereocenters. The normalized spacial score (nSPS) is 11.0. The molecule has 2 N–H and O–H groups in total. The summed E-state index contributed by atoms with van der Waals surface area (Å²) in [6.45, 7) is 1.61. The van der Waals surface area contributed by atoms with E-state index in [1.165, 1.54) is 12.1 Å². The summed E-state index contributed by atoms with van der Waals surface area (Å²) < 4.78 is 5.19. The Morgan fingerprint density at radius 2 is 2.04 bits per heavy atom. The Morgan fingerprint density at radius 3 is 2.73 bits per heavy atom. The van der Waals surface area contributed by atoms with Crippen molar-refractivity contribution in [1.82, 2.24) is 5.43 Å². The highest BCUT2D eigenvalue weighted by molar-refractivity contribution is 6.32. The van der Waals surface area contributed by atoms with E-state index in [0.29, 0.717) is 22.7 Å². The van der Waals surface area contributed by atoms with Crippen molar-refractivity contribution in [2.24, 2.45) is 5.10 Å². The van der Waals surface area contributed by atoms with Gasteiger partial charge in [-0.15, -0.1) is 0 Å². The average molecular weight is 377 g/mol. The quantitative estimate of drug-likeness (QED) is 0.438. The Labute approximate surface area is 155 Å². The van der Waals surface area contributed by atoms with Crippen molar-refractivity contribution in [3.63, 3.8) is 0 Å². The second kappa shape index (κ2) is 8.82. The fraction of sp³-hybridized carbons (Fsp3) is 0.176. The number of halogens is 1. The van der Waals surface area contributed by atoms with Crippen LogP contribution in [0, 0.1) is 10.1 Å². The molecule has 0 aliphatic carbocycles. The number of nitro benzene ring substituents is 1. The van der Waals surface area contributed by atoms with E-state index < -0.39 is 4.92 Å². The van der Waals surface area contributed by atoms with Gasteiger partial charge in [-0.05, 0) is 25.1 Å². The Hall–Kier alpha value is -3.13. The number of nitrogens with one attached hydrogen (secondary N) is 2. The topological polar surface area (TPSA) is 106 Å². The van der Waals surface area contributed by atoms with E-state index in [1.807, 2.05) is 12.1 Å². The number of carbonyl (C=O) groups excluding carboxylic acids is 1. The summed E-state index contributed by atoms with van der Waals surface area (Å²) in [4.78, 5) is 22.3. The summed E-state index contributed by atoms with van der Waals surface area (Å²) in [5, 5.41) is 17.9. The molecule has 136 valence electrons. The Morgan fingerprint density at radius 1 is 1.31 bits per heavy atom. The van der Waals surface area contributed by atoms with Gasteiger partial charge in [0.05, 0.1) is 30.0 Å². The molecule has 0 unspecified atom stereocenters. The van der Waals surface area contributed by atoms with Gasteiger partial charge in [0.2, 0.25) is 0 Å². The highest BCUT2D eigenvalue weighted by atomic mass is 35.5. The number of hydrogen-bond acceptors (Lipinski definition) is 6. The minimum atomic E-state index is -0.575. The van der Waals surface area contributed by atoms with Gasteiger partial charge in [-0.1, -0.05) is 29.8 Å². The average Bonchev–Trinajstić information content (AvgIpc) is 2.64. The largest absolute Gasteiger partial charge is 0.495 e. The van der Waals surface area contributed by atoms with E-state index in [1.54, 1.807) is 32.2 Å². The third-order valence-corrected chi connectivity index (χ3v) is 3.77. The van der Waals surface area contributed by atoms with Gasteiger partial charge >= 0.3 is 0 Å². The van der Waals surface area contributed by atoms with Gasteiger partial charge in [-0.2, -0.15) is 5.10 Å². The number of amides is 1. The highest BCUT2D eigenvalue weighted by Crippen LogP contribution is 2.25. The fourth-order valence-corrected chi connectivity index (χ4v) is 2.28. The minimum Gasteiger partial charge on any atom is -0.495 e. The number of nitrogens with zero attached hydrogens (tertiary/aromatic N) is 2. The van der Waals surface area contributed by atoms with E-state index in [9.17, 15) is 14.9 Å². The van der Waals surface area contributed by atoms with Crippen LogP contribution in [0.15, 0.2) is 47.6 Å². The van der Waals surface area contributed by atoms with Crippen LogP contribution in [-0.4, -0.2) is 30.2 Å². The maximum Gasteiger partial charge on any atom is 0.288 e. The van der Waals surface area contributed by atoms with E-state index in [4.69, 9.17) is 16.3 Å². The number of hydrazone groups is 1. The maximum atomic E-state index is 11.9. The standard InChI is InChI=1S/C17H17ClN4O4/c1-11(12-7-8-13(18)15(9-12)22(24)25)20-21-17(23)10-19-14-5-3-4-6-16(14)26-2/h3-9,19H,10H2,1-2H3,(H,21,23)/b20-11-. The summed E-state index contributed by atoms with van der Waals surface area (Å²) in [6.07, 6.45) is 0. The molecule has 2 aromatic carbocycles. The number of anilines is 1. The molecule has 9 heteroatoms. The number of methoxy groups -OCH3 is 1. The maximum absolute atomic E-state index is 11.9. The van der Waals surface area contributed by atoms with Gasteiger partial charge in [-0.25, -0.2) is 5.43 Å². The molecule has 0 bridgehead atoms. The zero-order chi connectivity index (χ0) is 19.1. The minimum absolute atomic E-state index is 0.0160. The fourth-order valence-electron chi connectivity index (χ4n) is 2.09. The number of ether oxygens (including phenoxy) is 1. The molecular formula is C17H17ClN4O4. The molecule has 1 amide bonds. The first-order chi connectivity index (χ1) is 12.4. The SMILES string of the molecule is COc1ccccc1NCC(=O)N/N=C(/C)c1ccc(Cl)c([N+](=O)[O-])c1. The lowest BCUT2D eigenvalue weighted by atomic mass is 10.1. The smallest absolute Gasteiger partial charge is 0.288 e. The predicted octanol–water partition coefficient (Wildman–Crippen LogP) is 3.21. The summed E-state index contributed by atoms with van der Waals surface area (Å²) in [6, 6.07) is 11.5. The van der Waals surface area contributed by atoms with E-state index in [0.717, 1.165) is 0 Å². The predicted molar refractivity (Wildman–Crippen MR) is 99.9 cm³/mol. The van der Waals surface area contributed by atoms with Crippen LogP contribution in [0.2, 0.25) is 5.02 Å². The zero-order valence-electron chi connectivity index (χ0n) is 14.2. The molecule has 0 fully saturated rings. The van der Waals surface area contributed by atoms with Crippen LogP contribution in [0.4, 0.5) is 11.4 Å². The van der Waals surface area contributed by atoms with Crippen LogP contribution >= 0.6 is 11.6 Å². The number of benzene rings is 2. The summed E-state index contributed by atoms with van der Waals surface area (Å²) in [7, 11) is 1.54. The van der Waals surface area contributed by atoms with Crippen molar-refractivity contribution in [2.45, 2.75) is 6.92 Å². The molecule has 0 aliphatic rings. The van der Waals surface area contributed by atoms with Crippen LogP contribution in [0.25, 0.3) is 0 Å².